The predicted octanol–water partition coefficient (Wildman–Crippen LogP) is 3.71. The summed E-state index contributed by atoms with van der Waals surface area (Å²) in [4.78, 5) is 36.3. The number of nitrogens with one attached hydrogen (secondary N) is 1. The predicted molar refractivity (Wildman–Crippen MR) is 137 cm³/mol. The lowest BCUT2D eigenvalue weighted by atomic mass is 9.82. The van der Waals surface area contributed by atoms with Crippen LogP contribution in [0.15, 0.2) is 36.1 Å². The van der Waals surface area contributed by atoms with Crippen molar-refractivity contribution < 1.29 is 43.2 Å². The van der Waals surface area contributed by atoms with Crippen molar-refractivity contribution in [1.29, 1.82) is 0 Å². The molecule has 0 aromatic heterocycles. The molecule has 2 aromatic rings. The van der Waals surface area contributed by atoms with Crippen LogP contribution in [0.5, 0.6) is 28.7 Å². The molecule has 0 bridgehead atoms. The van der Waals surface area contributed by atoms with E-state index < -0.39 is 5.97 Å². The number of allylic oxidation sites excluding steroid dienone is 1. The van der Waals surface area contributed by atoms with Crippen molar-refractivity contribution in [2.45, 2.75) is 25.7 Å². The van der Waals surface area contributed by atoms with E-state index >= 15 is 0 Å². The van der Waals surface area contributed by atoms with Crippen molar-refractivity contribution >= 4 is 23.7 Å². The van der Waals surface area contributed by atoms with Crippen LogP contribution in [0, 0.1) is 11.8 Å². The number of carboxylic acids is 1. The number of carbonyl (C=O) groups excluding carboxylic acids is 2. The summed E-state index contributed by atoms with van der Waals surface area (Å²) in [7, 11) is 4.55. The Bertz CT molecular complexity index is 1250. The average molecular weight is 526 g/mol. The van der Waals surface area contributed by atoms with E-state index in [-0.39, 0.29) is 35.9 Å². The normalized spacial score (nSPS) is 19.3. The quantitative estimate of drug-likeness (QED) is 0.446. The van der Waals surface area contributed by atoms with Gasteiger partial charge in [-0.1, -0.05) is 0 Å². The topological polar surface area (TPSA) is 130 Å². The van der Waals surface area contributed by atoms with Crippen LogP contribution < -0.4 is 29.0 Å². The van der Waals surface area contributed by atoms with E-state index in [4.69, 9.17) is 28.8 Å². The molecule has 38 heavy (non-hydrogen) atoms. The minimum absolute atomic E-state index is 0.109. The Morgan fingerprint density at radius 2 is 1.68 bits per heavy atom. The number of Topliss-reactive ketones (excluding diaryl/α,β-unsaturated/α-hetero) is 1. The Hall–Kier alpha value is -4.21. The molecule has 10 heteroatoms. The van der Waals surface area contributed by atoms with E-state index in [0.29, 0.717) is 59.3 Å². The van der Waals surface area contributed by atoms with Gasteiger partial charge in [0.2, 0.25) is 5.78 Å². The lowest BCUT2D eigenvalue weighted by Crippen LogP contribution is -2.35. The largest absolute Gasteiger partial charge is 0.496 e. The average Bonchev–Trinajstić information content (AvgIpc) is 3.24. The summed E-state index contributed by atoms with van der Waals surface area (Å²) in [5.41, 5.74) is 0.954. The number of fused-ring (bicyclic) bond motifs is 1. The fourth-order valence-corrected chi connectivity index (χ4v) is 4.64. The van der Waals surface area contributed by atoms with Crippen molar-refractivity contribution in [3.63, 3.8) is 0 Å². The number of carbonyl (C=O) groups is 3. The van der Waals surface area contributed by atoms with Crippen LogP contribution in [0.25, 0.3) is 6.08 Å². The molecule has 4 rings (SSSR count). The van der Waals surface area contributed by atoms with Gasteiger partial charge in [-0.15, -0.1) is 0 Å². The molecule has 1 heterocycles. The highest BCUT2D eigenvalue weighted by Crippen LogP contribution is 2.39. The summed E-state index contributed by atoms with van der Waals surface area (Å²) < 4.78 is 27.5. The maximum atomic E-state index is 12.9. The van der Waals surface area contributed by atoms with Crippen molar-refractivity contribution in [2.24, 2.45) is 11.8 Å². The van der Waals surface area contributed by atoms with E-state index in [1.54, 1.807) is 36.4 Å². The standard InChI is InChI=1S/C28H31NO9/c1-34-21-13-24(36-3)23(35-2)10-18(21)11-25-27(31)20-9-8-19(12-22(20)38-25)37-15-26(30)29-14-16-4-6-17(7-5-16)28(32)33/h8-13,16-17H,4-7,14-15H2,1-3H3,(H,29,30)(H,32,33). The molecule has 1 amide bonds. The maximum absolute atomic E-state index is 12.9. The molecule has 1 aliphatic carbocycles. The summed E-state index contributed by atoms with van der Waals surface area (Å²) in [6.45, 7) is 0.298. The Morgan fingerprint density at radius 1 is 1.00 bits per heavy atom. The van der Waals surface area contributed by atoms with Gasteiger partial charge in [-0.25, -0.2) is 0 Å². The highest BCUT2D eigenvalue weighted by atomic mass is 16.5. The van der Waals surface area contributed by atoms with Crippen LogP contribution in [-0.2, 0) is 9.59 Å². The van der Waals surface area contributed by atoms with Crippen molar-refractivity contribution in [2.75, 3.05) is 34.5 Å². The third-order valence-electron chi connectivity index (χ3n) is 6.82. The minimum Gasteiger partial charge on any atom is -0.496 e. The van der Waals surface area contributed by atoms with E-state index in [2.05, 4.69) is 5.32 Å². The first-order valence-electron chi connectivity index (χ1n) is 12.3. The van der Waals surface area contributed by atoms with Gasteiger partial charge in [-0.05, 0) is 55.9 Å². The van der Waals surface area contributed by atoms with Gasteiger partial charge in [0.25, 0.3) is 5.91 Å². The molecule has 0 atom stereocenters. The number of aliphatic carboxylic acids is 1. The van der Waals surface area contributed by atoms with Gasteiger partial charge in [0.1, 0.15) is 17.2 Å². The second kappa shape index (κ2) is 11.9. The van der Waals surface area contributed by atoms with Crippen LogP contribution in [0.3, 0.4) is 0 Å². The van der Waals surface area contributed by atoms with Gasteiger partial charge in [-0.2, -0.15) is 0 Å². The first kappa shape index (κ1) is 26.8. The summed E-state index contributed by atoms with van der Waals surface area (Å²) >= 11 is 0. The molecule has 2 aromatic carbocycles. The first-order chi connectivity index (χ1) is 18.3. The summed E-state index contributed by atoms with van der Waals surface area (Å²) in [6.07, 6.45) is 4.39. The van der Waals surface area contributed by atoms with E-state index in [1.807, 2.05) is 0 Å². The number of hydrogen-bond donors (Lipinski definition) is 2. The second-order valence-electron chi connectivity index (χ2n) is 9.20. The van der Waals surface area contributed by atoms with Crippen LogP contribution >= 0.6 is 0 Å². The molecule has 2 N–H and O–H groups in total. The first-order valence-corrected chi connectivity index (χ1v) is 12.3. The number of hydrogen-bond acceptors (Lipinski definition) is 8. The van der Waals surface area contributed by atoms with Gasteiger partial charge in [0, 0.05) is 24.2 Å². The van der Waals surface area contributed by atoms with Gasteiger partial charge in [-0.3, -0.25) is 14.4 Å². The highest BCUT2D eigenvalue weighted by molar-refractivity contribution is 6.14. The van der Waals surface area contributed by atoms with Gasteiger partial charge in [0.05, 0.1) is 32.8 Å². The number of benzene rings is 2. The number of methoxy groups -OCH3 is 3. The lowest BCUT2D eigenvalue weighted by Gasteiger charge is -2.26. The molecule has 10 nitrogen and oxygen atoms in total. The smallest absolute Gasteiger partial charge is 0.306 e. The Kier molecular flexibility index (Phi) is 8.40. The molecular formula is C28H31NO9. The zero-order valence-corrected chi connectivity index (χ0v) is 21.6. The zero-order valence-electron chi connectivity index (χ0n) is 21.6. The van der Waals surface area contributed by atoms with E-state index in [0.717, 1.165) is 12.8 Å². The molecule has 0 radical (unpaired) electrons. The fourth-order valence-electron chi connectivity index (χ4n) is 4.64. The zero-order chi connectivity index (χ0) is 27.2. The van der Waals surface area contributed by atoms with Gasteiger partial charge >= 0.3 is 5.97 Å². The van der Waals surface area contributed by atoms with Crippen LogP contribution in [0.4, 0.5) is 0 Å². The number of ether oxygens (including phenoxy) is 5. The number of rotatable bonds is 10. The summed E-state index contributed by atoms with van der Waals surface area (Å²) in [5, 5.41) is 12.0. The molecule has 1 saturated carbocycles. The molecule has 202 valence electrons. The van der Waals surface area contributed by atoms with E-state index in [1.165, 1.54) is 21.3 Å². The van der Waals surface area contributed by atoms with Crippen LogP contribution in [-0.4, -0.2) is 57.2 Å². The lowest BCUT2D eigenvalue weighted by molar-refractivity contribution is -0.143. The van der Waals surface area contributed by atoms with Crippen LogP contribution in [0.1, 0.15) is 41.6 Å². The Balaban J connectivity index is 1.35. The van der Waals surface area contributed by atoms with Crippen LogP contribution in [0.2, 0.25) is 0 Å². The number of amides is 1. The number of carboxylic acid groups (broad SMARTS) is 1. The molecule has 0 spiro atoms. The van der Waals surface area contributed by atoms with Crippen molar-refractivity contribution in [3.05, 3.63) is 47.2 Å². The van der Waals surface area contributed by atoms with Crippen molar-refractivity contribution in [3.8, 4) is 28.7 Å². The third-order valence-corrected chi connectivity index (χ3v) is 6.82. The molecule has 1 fully saturated rings. The minimum atomic E-state index is -0.746. The molecular weight excluding hydrogens is 494 g/mol. The second-order valence-corrected chi connectivity index (χ2v) is 9.20. The maximum Gasteiger partial charge on any atom is 0.306 e. The molecule has 2 aliphatic rings. The number of ketones is 1. The fraction of sp³-hybridized carbons (Fsp3) is 0.393. The van der Waals surface area contributed by atoms with Gasteiger partial charge < -0.3 is 34.1 Å². The highest BCUT2D eigenvalue weighted by Gasteiger charge is 2.29. The SMILES string of the molecule is COc1cc(OC)c(OC)cc1C=C1Oc2cc(OCC(=O)NCC3CCC(C(=O)O)CC3)ccc2C1=O. The Morgan fingerprint density at radius 3 is 2.34 bits per heavy atom. The Labute approximate surface area is 220 Å². The monoisotopic (exact) mass is 525 g/mol. The molecule has 0 unspecified atom stereocenters. The summed E-state index contributed by atoms with van der Waals surface area (Å²) in [6, 6.07) is 8.13. The molecule has 0 saturated heterocycles. The third kappa shape index (κ3) is 6.01. The van der Waals surface area contributed by atoms with Crippen molar-refractivity contribution in [1.82, 2.24) is 5.32 Å². The van der Waals surface area contributed by atoms with E-state index in [9.17, 15) is 14.4 Å². The molecule has 1 aliphatic heterocycles. The summed E-state index contributed by atoms with van der Waals surface area (Å²) in [5.74, 6) is 0.943. The van der Waals surface area contributed by atoms with Gasteiger partial charge in [0.15, 0.2) is 23.9 Å².